The van der Waals surface area contributed by atoms with Gasteiger partial charge in [0.25, 0.3) is 5.91 Å². The average Bonchev–Trinajstić information content (AvgIpc) is 3.07. The molecule has 6 heteroatoms. The summed E-state index contributed by atoms with van der Waals surface area (Å²) in [5.74, 6) is -1.17. The summed E-state index contributed by atoms with van der Waals surface area (Å²) in [7, 11) is 0. The van der Waals surface area contributed by atoms with E-state index in [4.69, 9.17) is 9.47 Å². The number of benzene rings is 1. The molecule has 1 aliphatic heterocycles. The first-order chi connectivity index (χ1) is 11.1. The summed E-state index contributed by atoms with van der Waals surface area (Å²) in [6.07, 6.45) is 1.26. The number of carbonyl (C=O) groups excluding carboxylic acids is 3. The molecule has 0 spiro atoms. The SMILES string of the molecule is CC(=O)[C@H](Cc1ccccc1)NC(=O)COC(=O)[C@@H]1CCCO1. The second-order valence-electron chi connectivity index (χ2n) is 5.53. The van der Waals surface area contributed by atoms with Crippen LogP contribution in [0.15, 0.2) is 30.3 Å². The minimum Gasteiger partial charge on any atom is -0.454 e. The molecule has 2 atom stereocenters. The van der Waals surface area contributed by atoms with E-state index in [1.165, 1.54) is 6.92 Å². The summed E-state index contributed by atoms with van der Waals surface area (Å²) in [5.41, 5.74) is 0.948. The number of amides is 1. The van der Waals surface area contributed by atoms with Crippen LogP contribution in [0.5, 0.6) is 0 Å². The minimum atomic E-state index is -0.633. The molecule has 1 fully saturated rings. The lowest BCUT2D eigenvalue weighted by Gasteiger charge is -2.16. The van der Waals surface area contributed by atoms with Crippen LogP contribution in [0.4, 0.5) is 0 Å². The van der Waals surface area contributed by atoms with Crippen LogP contribution in [-0.4, -0.2) is 43.0 Å². The maximum atomic E-state index is 11.9. The number of esters is 1. The summed E-state index contributed by atoms with van der Waals surface area (Å²) in [5, 5.41) is 2.60. The summed E-state index contributed by atoms with van der Waals surface area (Å²) in [4.78, 5) is 35.2. The molecule has 1 aromatic rings. The summed E-state index contributed by atoms with van der Waals surface area (Å²) in [6.45, 7) is 1.55. The fourth-order valence-corrected chi connectivity index (χ4v) is 2.38. The number of nitrogens with one attached hydrogen (secondary N) is 1. The Hall–Kier alpha value is -2.21. The van der Waals surface area contributed by atoms with E-state index in [1.54, 1.807) is 0 Å². The standard InChI is InChI=1S/C17H21NO5/c1-12(19)14(10-13-6-3-2-4-7-13)18-16(20)11-23-17(21)15-8-5-9-22-15/h2-4,6-7,14-15H,5,8-11H2,1H3,(H,18,20)/t14-,15-/m0/s1. The predicted molar refractivity (Wildman–Crippen MR) is 82.7 cm³/mol. The molecule has 124 valence electrons. The normalized spacial score (nSPS) is 18.2. The van der Waals surface area contributed by atoms with Gasteiger partial charge in [-0.15, -0.1) is 0 Å². The van der Waals surface area contributed by atoms with Crippen molar-refractivity contribution in [2.45, 2.75) is 38.3 Å². The van der Waals surface area contributed by atoms with Crippen LogP contribution in [0.3, 0.4) is 0 Å². The third kappa shape index (κ3) is 5.49. The minimum absolute atomic E-state index is 0.146. The lowest BCUT2D eigenvalue weighted by molar-refractivity contribution is -0.157. The van der Waals surface area contributed by atoms with Crippen molar-refractivity contribution in [3.63, 3.8) is 0 Å². The zero-order valence-electron chi connectivity index (χ0n) is 13.1. The van der Waals surface area contributed by atoms with Gasteiger partial charge in [0.2, 0.25) is 0 Å². The van der Waals surface area contributed by atoms with Gasteiger partial charge in [-0.2, -0.15) is 0 Å². The van der Waals surface area contributed by atoms with Gasteiger partial charge >= 0.3 is 5.97 Å². The molecule has 1 aromatic carbocycles. The lowest BCUT2D eigenvalue weighted by atomic mass is 10.0. The van der Waals surface area contributed by atoms with E-state index in [0.717, 1.165) is 12.0 Å². The highest BCUT2D eigenvalue weighted by atomic mass is 16.6. The van der Waals surface area contributed by atoms with Crippen molar-refractivity contribution >= 4 is 17.7 Å². The molecule has 23 heavy (non-hydrogen) atoms. The molecule has 2 rings (SSSR count). The van der Waals surface area contributed by atoms with Gasteiger partial charge in [0.05, 0.1) is 6.04 Å². The Labute approximate surface area is 135 Å². The van der Waals surface area contributed by atoms with Crippen LogP contribution < -0.4 is 5.32 Å². The summed E-state index contributed by atoms with van der Waals surface area (Å²) < 4.78 is 10.1. The topological polar surface area (TPSA) is 81.7 Å². The van der Waals surface area contributed by atoms with Crippen molar-refractivity contribution in [2.24, 2.45) is 0 Å². The second kappa shape index (κ2) is 8.43. The van der Waals surface area contributed by atoms with Gasteiger partial charge in [-0.25, -0.2) is 4.79 Å². The number of ether oxygens (including phenoxy) is 2. The fourth-order valence-electron chi connectivity index (χ4n) is 2.38. The number of hydrogen-bond acceptors (Lipinski definition) is 5. The number of Topliss-reactive ketones (excluding diaryl/α,β-unsaturated/α-hetero) is 1. The largest absolute Gasteiger partial charge is 0.454 e. The number of hydrogen-bond donors (Lipinski definition) is 1. The molecule has 6 nitrogen and oxygen atoms in total. The molecule has 0 aromatic heterocycles. The summed E-state index contributed by atoms with van der Waals surface area (Å²) in [6, 6.07) is 8.77. The quantitative estimate of drug-likeness (QED) is 0.759. The van der Waals surface area contributed by atoms with E-state index >= 15 is 0 Å². The molecule has 1 saturated heterocycles. The van der Waals surface area contributed by atoms with E-state index < -0.39 is 30.6 Å². The third-order valence-corrected chi connectivity index (χ3v) is 3.65. The van der Waals surface area contributed by atoms with E-state index in [2.05, 4.69) is 5.32 Å². The molecule has 1 aliphatic rings. The molecule has 1 N–H and O–H groups in total. The third-order valence-electron chi connectivity index (χ3n) is 3.65. The van der Waals surface area contributed by atoms with Crippen LogP contribution in [-0.2, 0) is 30.3 Å². The Morgan fingerprint density at radius 2 is 2.04 bits per heavy atom. The van der Waals surface area contributed by atoms with Gasteiger partial charge in [0.1, 0.15) is 0 Å². The van der Waals surface area contributed by atoms with E-state index in [9.17, 15) is 14.4 Å². The Balaban J connectivity index is 1.81. The molecular weight excluding hydrogens is 298 g/mol. The highest BCUT2D eigenvalue weighted by Gasteiger charge is 2.26. The number of ketones is 1. The molecule has 0 radical (unpaired) electrons. The van der Waals surface area contributed by atoms with Gasteiger partial charge in [-0.1, -0.05) is 30.3 Å². The van der Waals surface area contributed by atoms with Crippen molar-refractivity contribution < 1.29 is 23.9 Å². The van der Waals surface area contributed by atoms with Gasteiger partial charge in [0.15, 0.2) is 18.5 Å². The highest BCUT2D eigenvalue weighted by molar-refractivity contribution is 5.89. The maximum absolute atomic E-state index is 11.9. The monoisotopic (exact) mass is 319 g/mol. The molecular formula is C17H21NO5. The summed E-state index contributed by atoms with van der Waals surface area (Å²) >= 11 is 0. The molecule has 0 bridgehead atoms. The Morgan fingerprint density at radius 1 is 1.30 bits per heavy atom. The molecule has 1 heterocycles. The first-order valence-electron chi connectivity index (χ1n) is 7.68. The van der Waals surface area contributed by atoms with Gasteiger partial charge in [0, 0.05) is 6.61 Å². The predicted octanol–water partition coefficient (Wildman–Crippen LogP) is 1.03. The second-order valence-corrected chi connectivity index (χ2v) is 5.53. The van der Waals surface area contributed by atoms with E-state index in [0.29, 0.717) is 19.4 Å². The zero-order valence-corrected chi connectivity index (χ0v) is 13.1. The Kier molecular flexibility index (Phi) is 6.29. The van der Waals surface area contributed by atoms with Gasteiger partial charge < -0.3 is 14.8 Å². The van der Waals surface area contributed by atoms with Crippen LogP contribution in [0.25, 0.3) is 0 Å². The molecule has 0 saturated carbocycles. The smallest absolute Gasteiger partial charge is 0.335 e. The lowest BCUT2D eigenvalue weighted by Crippen LogP contribution is -2.43. The highest BCUT2D eigenvalue weighted by Crippen LogP contribution is 2.13. The van der Waals surface area contributed by atoms with Crippen LogP contribution in [0.2, 0.25) is 0 Å². The number of carbonyl (C=O) groups is 3. The number of rotatable bonds is 7. The Bertz CT molecular complexity index is 551. The molecule has 0 unspecified atom stereocenters. The van der Waals surface area contributed by atoms with Crippen LogP contribution in [0, 0.1) is 0 Å². The molecule has 1 amide bonds. The fraction of sp³-hybridized carbons (Fsp3) is 0.471. The van der Waals surface area contributed by atoms with Crippen molar-refractivity contribution in [3.05, 3.63) is 35.9 Å². The van der Waals surface area contributed by atoms with Crippen molar-refractivity contribution in [1.82, 2.24) is 5.32 Å². The first-order valence-corrected chi connectivity index (χ1v) is 7.68. The van der Waals surface area contributed by atoms with Crippen molar-refractivity contribution in [1.29, 1.82) is 0 Å². The van der Waals surface area contributed by atoms with Crippen molar-refractivity contribution in [3.8, 4) is 0 Å². The van der Waals surface area contributed by atoms with Crippen molar-refractivity contribution in [2.75, 3.05) is 13.2 Å². The van der Waals surface area contributed by atoms with E-state index in [1.807, 2.05) is 30.3 Å². The first kappa shape index (κ1) is 17.1. The average molecular weight is 319 g/mol. The van der Waals surface area contributed by atoms with Gasteiger partial charge in [-0.05, 0) is 31.7 Å². The van der Waals surface area contributed by atoms with E-state index in [-0.39, 0.29) is 5.78 Å². The van der Waals surface area contributed by atoms with Crippen LogP contribution in [0.1, 0.15) is 25.3 Å². The van der Waals surface area contributed by atoms with Crippen LogP contribution >= 0.6 is 0 Å². The molecule has 0 aliphatic carbocycles. The van der Waals surface area contributed by atoms with Gasteiger partial charge in [-0.3, -0.25) is 9.59 Å². The maximum Gasteiger partial charge on any atom is 0.335 e. The Morgan fingerprint density at radius 3 is 2.65 bits per heavy atom. The zero-order chi connectivity index (χ0) is 16.7.